The first-order valence-electron chi connectivity index (χ1n) is 11.4. The van der Waals surface area contributed by atoms with Gasteiger partial charge in [-0.1, -0.05) is 29.3 Å². The molecule has 2 fully saturated rings. The van der Waals surface area contributed by atoms with E-state index in [1.807, 2.05) is 0 Å². The Bertz CT molecular complexity index is 1190. The number of nitrogens with zero attached hydrogens (tertiary/aromatic N) is 2. The van der Waals surface area contributed by atoms with Crippen LogP contribution in [0, 0.1) is 0 Å². The Morgan fingerprint density at radius 1 is 0.971 bits per heavy atom. The molecule has 1 atom stereocenters. The van der Waals surface area contributed by atoms with E-state index < -0.39 is 17.7 Å². The molecule has 8 nitrogen and oxygen atoms in total. The lowest BCUT2D eigenvalue weighted by atomic mass is 9.95. The number of amides is 1. The molecule has 0 radical (unpaired) electrons. The average molecular weight is 519 g/mol. The zero-order valence-electron chi connectivity index (χ0n) is 18.8. The highest BCUT2D eigenvalue weighted by Crippen LogP contribution is 2.42. The summed E-state index contributed by atoms with van der Waals surface area (Å²) in [6.45, 7) is 4.22. The predicted octanol–water partition coefficient (Wildman–Crippen LogP) is 3.87. The predicted molar refractivity (Wildman–Crippen MR) is 130 cm³/mol. The van der Waals surface area contributed by atoms with Gasteiger partial charge in [0.1, 0.15) is 5.76 Å². The van der Waals surface area contributed by atoms with E-state index in [0.29, 0.717) is 58.9 Å². The first-order chi connectivity index (χ1) is 16.9. The number of aliphatic hydroxyl groups excluding tert-OH is 1. The number of rotatable bonds is 6. The number of hydrogen-bond donors (Lipinski definition) is 1. The third kappa shape index (κ3) is 4.71. The summed E-state index contributed by atoms with van der Waals surface area (Å²) >= 11 is 12.4. The minimum absolute atomic E-state index is 0.00127. The number of benzene rings is 2. The number of carbonyl (C=O) groups excluding carboxylic acids is 2. The Balaban J connectivity index is 1.50. The number of hydrogen-bond acceptors (Lipinski definition) is 7. The van der Waals surface area contributed by atoms with Crippen LogP contribution in [0.15, 0.2) is 42.0 Å². The smallest absolute Gasteiger partial charge is 0.295 e. The second-order valence-electron chi connectivity index (χ2n) is 8.54. The number of aliphatic hydroxyl groups is 1. The van der Waals surface area contributed by atoms with Crippen molar-refractivity contribution in [2.45, 2.75) is 12.5 Å². The van der Waals surface area contributed by atoms with Crippen LogP contribution in [0.1, 0.15) is 23.6 Å². The Morgan fingerprint density at radius 3 is 2.51 bits per heavy atom. The highest BCUT2D eigenvalue weighted by molar-refractivity contribution is 6.46. The number of fused-ring (bicyclic) bond motifs is 1. The summed E-state index contributed by atoms with van der Waals surface area (Å²) < 4.78 is 16.1. The van der Waals surface area contributed by atoms with Gasteiger partial charge in [0.05, 0.1) is 34.9 Å². The van der Waals surface area contributed by atoms with Crippen molar-refractivity contribution in [1.29, 1.82) is 0 Å². The molecular formula is C25H24Cl2N2O6. The van der Waals surface area contributed by atoms with E-state index >= 15 is 0 Å². The van der Waals surface area contributed by atoms with Crippen LogP contribution in [-0.2, 0) is 14.3 Å². The molecule has 5 rings (SSSR count). The number of likely N-dealkylation sites (tertiary alicyclic amines) is 1. The molecular weight excluding hydrogens is 495 g/mol. The fourth-order valence-electron chi connectivity index (χ4n) is 4.63. The van der Waals surface area contributed by atoms with Gasteiger partial charge < -0.3 is 24.2 Å². The molecule has 1 unspecified atom stereocenters. The van der Waals surface area contributed by atoms with Crippen molar-refractivity contribution in [2.24, 2.45) is 0 Å². The van der Waals surface area contributed by atoms with Crippen molar-refractivity contribution in [2.75, 3.05) is 46.2 Å². The van der Waals surface area contributed by atoms with Gasteiger partial charge in [-0.25, -0.2) is 0 Å². The summed E-state index contributed by atoms with van der Waals surface area (Å²) in [5.41, 5.74) is 0.941. The van der Waals surface area contributed by atoms with E-state index in [1.54, 1.807) is 36.4 Å². The van der Waals surface area contributed by atoms with Gasteiger partial charge in [0, 0.05) is 31.7 Å². The second kappa shape index (κ2) is 10.1. The van der Waals surface area contributed by atoms with E-state index in [9.17, 15) is 14.7 Å². The van der Waals surface area contributed by atoms with Gasteiger partial charge in [-0.3, -0.25) is 14.5 Å². The van der Waals surface area contributed by atoms with Crippen LogP contribution in [0.2, 0.25) is 10.0 Å². The number of morpholine rings is 1. The number of ether oxygens (including phenoxy) is 3. The van der Waals surface area contributed by atoms with Gasteiger partial charge in [0.25, 0.3) is 11.7 Å². The van der Waals surface area contributed by atoms with Crippen LogP contribution in [0.4, 0.5) is 0 Å². The summed E-state index contributed by atoms with van der Waals surface area (Å²) in [7, 11) is 0. The summed E-state index contributed by atoms with van der Waals surface area (Å²) in [6.07, 6.45) is 0.662. The number of Topliss-reactive ketones (excluding diaryl/α,β-unsaturated/α-hetero) is 1. The molecule has 10 heteroatoms. The largest absolute Gasteiger partial charge is 0.507 e. The molecule has 0 aromatic heterocycles. The monoisotopic (exact) mass is 518 g/mol. The Hall–Kier alpha value is -2.78. The van der Waals surface area contributed by atoms with E-state index in [4.69, 9.17) is 37.4 Å². The van der Waals surface area contributed by atoms with Crippen LogP contribution < -0.4 is 9.47 Å². The molecule has 184 valence electrons. The van der Waals surface area contributed by atoms with Crippen molar-refractivity contribution in [3.63, 3.8) is 0 Å². The first kappa shape index (κ1) is 23.9. The third-order valence-corrected chi connectivity index (χ3v) is 7.16. The van der Waals surface area contributed by atoms with E-state index in [1.165, 1.54) is 4.90 Å². The maximum Gasteiger partial charge on any atom is 0.295 e. The molecule has 1 amide bonds. The third-order valence-electron chi connectivity index (χ3n) is 6.42. The Morgan fingerprint density at radius 2 is 1.74 bits per heavy atom. The summed E-state index contributed by atoms with van der Waals surface area (Å²) in [4.78, 5) is 30.1. The molecule has 2 saturated heterocycles. The molecule has 0 aliphatic carbocycles. The fourth-order valence-corrected chi connectivity index (χ4v) is 4.93. The van der Waals surface area contributed by atoms with Crippen molar-refractivity contribution in [1.82, 2.24) is 9.80 Å². The van der Waals surface area contributed by atoms with Crippen LogP contribution in [-0.4, -0.2) is 72.8 Å². The Kier molecular flexibility index (Phi) is 6.88. The van der Waals surface area contributed by atoms with Gasteiger partial charge in [-0.2, -0.15) is 0 Å². The van der Waals surface area contributed by atoms with E-state index in [2.05, 4.69) is 4.90 Å². The highest BCUT2D eigenvalue weighted by atomic mass is 35.5. The normalized spacial score (nSPS) is 21.7. The van der Waals surface area contributed by atoms with Gasteiger partial charge in [-0.15, -0.1) is 0 Å². The summed E-state index contributed by atoms with van der Waals surface area (Å²) in [5, 5.41) is 11.9. The molecule has 0 saturated carbocycles. The van der Waals surface area contributed by atoms with Crippen molar-refractivity contribution in [3.8, 4) is 11.5 Å². The highest BCUT2D eigenvalue weighted by Gasteiger charge is 2.46. The molecule has 3 heterocycles. The number of halogens is 2. The molecule has 0 spiro atoms. The molecule has 0 bridgehead atoms. The van der Waals surface area contributed by atoms with Gasteiger partial charge in [0.2, 0.25) is 6.79 Å². The maximum atomic E-state index is 13.2. The van der Waals surface area contributed by atoms with Crippen molar-refractivity contribution < 1.29 is 28.9 Å². The number of carbonyl (C=O) groups is 2. The average Bonchev–Trinajstić information content (AvgIpc) is 3.44. The zero-order chi connectivity index (χ0) is 24.5. The minimum Gasteiger partial charge on any atom is -0.507 e. The first-order valence-corrected chi connectivity index (χ1v) is 12.1. The van der Waals surface area contributed by atoms with Gasteiger partial charge in [0.15, 0.2) is 11.5 Å². The quantitative estimate of drug-likeness (QED) is 0.352. The molecule has 3 aliphatic rings. The van der Waals surface area contributed by atoms with Crippen LogP contribution in [0.5, 0.6) is 11.5 Å². The second-order valence-corrected chi connectivity index (χ2v) is 9.36. The van der Waals surface area contributed by atoms with E-state index in [-0.39, 0.29) is 18.1 Å². The molecule has 3 aliphatic heterocycles. The molecule has 35 heavy (non-hydrogen) atoms. The maximum absolute atomic E-state index is 13.2. The Labute approximate surface area is 212 Å². The molecule has 2 aromatic carbocycles. The van der Waals surface area contributed by atoms with Crippen molar-refractivity contribution >= 4 is 40.7 Å². The van der Waals surface area contributed by atoms with Crippen LogP contribution in [0.25, 0.3) is 5.76 Å². The lowest BCUT2D eigenvalue weighted by Crippen LogP contribution is -2.38. The molecule has 2 aromatic rings. The SMILES string of the molecule is O=C1C(=O)N(CCCN2CCOCC2)C(c2ccc(Cl)c(Cl)c2)C1=C(O)c1ccc2c(c1)OCO2. The van der Waals surface area contributed by atoms with Crippen molar-refractivity contribution in [3.05, 3.63) is 63.1 Å². The topological polar surface area (TPSA) is 88.5 Å². The van der Waals surface area contributed by atoms with Crippen LogP contribution >= 0.6 is 23.2 Å². The summed E-state index contributed by atoms with van der Waals surface area (Å²) in [5.74, 6) is -0.688. The number of ketones is 1. The van der Waals surface area contributed by atoms with Crippen LogP contribution in [0.3, 0.4) is 0 Å². The standard InChI is InChI=1S/C25H24Cl2N2O6/c26-17-4-2-15(12-18(17)27)22-21(23(30)16-3-5-19-20(13-16)35-14-34-19)24(31)25(32)29(22)7-1-6-28-8-10-33-11-9-28/h2-5,12-13,22,30H,1,6-11,14H2. The zero-order valence-corrected chi connectivity index (χ0v) is 20.3. The van der Waals surface area contributed by atoms with E-state index in [0.717, 1.165) is 19.6 Å². The minimum atomic E-state index is -0.806. The summed E-state index contributed by atoms with van der Waals surface area (Å²) in [6, 6.07) is 9.03. The van der Waals surface area contributed by atoms with Gasteiger partial charge in [-0.05, 0) is 42.3 Å². The van der Waals surface area contributed by atoms with Gasteiger partial charge >= 0.3 is 0 Å². The lowest BCUT2D eigenvalue weighted by molar-refractivity contribution is -0.140. The lowest BCUT2D eigenvalue weighted by Gasteiger charge is -2.29. The molecule has 1 N–H and O–H groups in total. The fraction of sp³-hybridized carbons (Fsp3) is 0.360.